The van der Waals surface area contributed by atoms with E-state index in [1.165, 1.54) is 16.8 Å². The fraction of sp³-hybridized carbons (Fsp3) is 0.667. The summed E-state index contributed by atoms with van der Waals surface area (Å²) in [6.45, 7) is 8.59. The lowest BCUT2D eigenvalue weighted by atomic mass is 9.92. The zero-order chi connectivity index (χ0) is 16.1. The first-order chi connectivity index (χ1) is 10.3. The van der Waals surface area contributed by atoms with Crippen LogP contribution in [0.5, 0.6) is 0 Å². The summed E-state index contributed by atoms with van der Waals surface area (Å²) in [4.78, 5) is 12.7. The van der Waals surface area contributed by atoms with Crippen molar-refractivity contribution in [2.45, 2.75) is 53.0 Å². The highest BCUT2D eigenvalue weighted by Gasteiger charge is 2.60. The Labute approximate surface area is 133 Å². The second-order valence-corrected chi connectivity index (χ2v) is 7.69. The molecule has 0 aliphatic heterocycles. The number of hydrogen-bond acceptors (Lipinski definition) is 2. The minimum atomic E-state index is 0.0772. The number of nitrogens with one attached hydrogen (secondary N) is 1. The summed E-state index contributed by atoms with van der Waals surface area (Å²) in [6.07, 6.45) is 7.37. The van der Waals surface area contributed by atoms with Crippen LogP contribution < -0.4 is 5.32 Å². The third kappa shape index (κ3) is 2.49. The van der Waals surface area contributed by atoms with Crippen LogP contribution in [-0.4, -0.2) is 15.7 Å². The molecule has 2 aliphatic rings. The van der Waals surface area contributed by atoms with Crippen LogP contribution in [0.15, 0.2) is 17.8 Å². The lowest BCUT2D eigenvalue weighted by Gasteiger charge is -2.24. The van der Waals surface area contributed by atoms with E-state index < -0.39 is 0 Å². The minimum absolute atomic E-state index is 0.0772. The Hall–Kier alpha value is -1.58. The van der Waals surface area contributed by atoms with Gasteiger partial charge in [0.15, 0.2) is 0 Å². The Kier molecular flexibility index (Phi) is 3.66. The molecule has 2 aliphatic carbocycles. The molecule has 1 saturated carbocycles. The number of carbonyl (C=O) groups excluding carboxylic acids is 1. The highest BCUT2D eigenvalue weighted by atomic mass is 16.2. The summed E-state index contributed by atoms with van der Waals surface area (Å²) in [5.74, 6) is 0.674. The van der Waals surface area contributed by atoms with Gasteiger partial charge in [-0.15, -0.1) is 0 Å². The van der Waals surface area contributed by atoms with Crippen LogP contribution >= 0.6 is 0 Å². The minimum Gasteiger partial charge on any atom is -0.349 e. The first kappa shape index (κ1) is 15.3. The first-order valence-electron chi connectivity index (χ1n) is 8.28. The third-order valence-electron chi connectivity index (χ3n) is 5.40. The van der Waals surface area contributed by atoms with Gasteiger partial charge in [0.1, 0.15) is 0 Å². The molecule has 1 N–H and O–H groups in total. The Bertz CT molecular complexity index is 622. The van der Waals surface area contributed by atoms with Gasteiger partial charge in [0.2, 0.25) is 5.91 Å². The summed E-state index contributed by atoms with van der Waals surface area (Å²) in [5, 5.41) is 7.64. The van der Waals surface area contributed by atoms with Gasteiger partial charge in [0, 0.05) is 18.3 Å². The van der Waals surface area contributed by atoms with Gasteiger partial charge in [-0.2, -0.15) is 5.10 Å². The van der Waals surface area contributed by atoms with Gasteiger partial charge in [-0.1, -0.05) is 25.5 Å². The number of aromatic nitrogens is 2. The van der Waals surface area contributed by atoms with Crippen LogP contribution in [0, 0.1) is 17.3 Å². The van der Waals surface area contributed by atoms with E-state index in [0.29, 0.717) is 5.92 Å². The largest absolute Gasteiger partial charge is 0.349 e. The Morgan fingerprint density at radius 1 is 1.45 bits per heavy atom. The molecule has 1 amide bonds. The Morgan fingerprint density at radius 2 is 2.18 bits per heavy atom. The molecule has 4 nitrogen and oxygen atoms in total. The van der Waals surface area contributed by atoms with E-state index in [-0.39, 0.29) is 23.3 Å². The third-order valence-corrected chi connectivity index (χ3v) is 5.40. The van der Waals surface area contributed by atoms with E-state index in [4.69, 9.17) is 0 Å². The summed E-state index contributed by atoms with van der Waals surface area (Å²) in [7, 11) is 1.98. The van der Waals surface area contributed by atoms with Gasteiger partial charge in [-0.3, -0.25) is 9.48 Å². The summed E-state index contributed by atoms with van der Waals surface area (Å²) in [6, 6.07) is 0.133. The molecule has 0 spiro atoms. The van der Waals surface area contributed by atoms with Crippen molar-refractivity contribution >= 4 is 5.91 Å². The van der Waals surface area contributed by atoms with Gasteiger partial charge >= 0.3 is 0 Å². The molecule has 0 bridgehead atoms. The Balaban J connectivity index is 1.73. The van der Waals surface area contributed by atoms with Crippen LogP contribution in [0.3, 0.4) is 0 Å². The predicted molar refractivity (Wildman–Crippen MR) is 87.2 cm³/mol. The maximum Gasteiger partial charge on any atom is 0.224 e. The number of allylic oxidation sites excluding steroid dienone is 2. The van der Waals surface area contributed by atoms with Crippen LogP contribution in [-0.2, 0) is 18.3 Å². The highest BCUT2D eigenvalue weighted by Crippen LogP contribution is 2.59. The molecule has 22 heavy (non-hydrogen) atoms. The second-order valence-electron chi connectivity index (χ2n) is 7.69. The van der Waals surface area contributed by atoms with E-state index in [1.807, 2.05) is 17.9 Å². The van der Waals surface area contributed by atoms with E-state index in [2.05, 4.69) is 44.2 Å². The average Bonchev–Trinajstić information content (AvgIpc) is 2.77. The molecular weight excluding hydrogens is 274 g/mol. The predicted octanol–water partition coefficient (Wildman–Crippen LogP) is 3.15. The Morgan fingerprint density at radius 3 is 2.86 bits per heavy atom. The van der Waals surface area contributed by atoms with Crippen molar-refractivity contribution in [2.75, 3.05) is 0 Å². The lowest BCUT2D eigenvalue weighted by molar-refractivity contribution is -0.124. The first-order valence-corrected chi connectivity index (χ1v) is 8.28. The molecule has 4 heteroatoms. The molecule has 120 valence electrons. The maximum absolute atomic E-state index is 12.7. The number of aryl methyl sites for hydroxylation is 1. The van der Waals surface area contributed by atoms with Crippen LogP contribution in [0.25, 0.3) is 0 Å². The zero-order valence-electron chi connectivity index (χ0n) is 14.3. The fourth-order valence-electron chi connectivity index (χ4n) is 3.97. The highest BCUT2D eigenvalue weighted by molar-refractivity contribution is 5.84. The van der Waals surface area contributed by atoms with Crippen molar-refractivity contribution in [3.05, 3.63) is 29.1 Å². The normalized spacial score (nSPS) is 28.7. The molecule has 1 fully saturated rings. The molecule has 1 aromatic rings. The number of hydrogen-bond donors (Lipinski definition) is 1. The topological polar surface area (TPSA) is 46.9 Å². The molecule has 0 radical (unpaired) electrons. The van der Waals surface area contributed by atoms with E-state index in [1.54, 1.807) is 0 Å². The van der Waals surface area contributed by atoms with E-state index >= 15 is 0 Å². The lowest BCUT2D eigenvalue weighted by Crippen LogP contribution is -2.33. The standard InChI is InChI=1S/C18H27N3O/c1-11(2)9-13-16(18(13,3)4)17(22)20-14-7-6-8-15-12(14)10-19-21(15)5/h9-10,13-14,16H,6-8H2,1-5H3,(H,20,22). The molecule has 3 atom stereocenters. The smallest absolute Gasteiger partial charge is 0.224 e. The number of carbonyl (C=O) groups is 1. The number of nitrogens with zero attached hydrogens (tertiary/aromatic N) is 2. The van der Waals surface area contributed by atoms with Crippen molar-refractivity contribution in [3.8, 4) is 0 Å². The van der Waals surface area contributed by atoms with Crippen LogP contribution in [0.4, 0.5) is 0 Å². The molecule has 0 saturated heterocycles. The molecule has 3 unspecified atom stereocenters. The van der Waals surface area contributed by atoms with Crippen molar-refractivity contribution < 1.29 is 4.79 Å². The molecule has 1 aromatic heterocycles. The van der Waals surface area contributed by atoms with E-state index in [0.717, 1.165) is 19.3 Å². The maximum atomic E-state index is 12.7. The number of rotatable bonds is 3. The summed E-state index contributed by atoms with van der Waals surface area (Å²) >= 11 is 0. The molecule has 3 rings (SSSR count). The van der Waals surface area contributed by atoms with Gasteiger partial charge in [0.25, 0.3) is 0 Å². The van der Waals surface area contributed by atoms with Crippen LogP contribution in [0.2, 0.25) is 0 Å². The number of fused-ring (bicyclic) bond motifs is 1. The second kappa shape index (κ2) is 5.25. The molecular formula is C18H27N3O. The van der Waals surface area contributed by atoms with Gasteiger partial charge in [-0.05, 0) is 44.4 Å². The van der Waals surface area contributed by atoms with Crippen molar-refractivity contribution in [1.82, 2.24) is 15.1 Å². The fourth-order valence-corrected chi connectivity index (χ4v) is 3.97. The van der Waals surface area contributed by atoms with Gasteiger partial charge in [0.05, 0.1) is 18.2 Å². The van der Waals surface area contributed by atoms with Crippen LogP contribution in [0.1, 0.15) is 57.8 Å². The summed E-state index contributed by atoms with van der Waals surface area (Å²) < 4.78 is 1.95. The monoisotopic (exact) mass is 301 g/mol. The van der Waals surface area contributed by atoms with Crippen molar-refractivity contribution in [3.63, 3.8) is 0 Å². The van der Waals surface area contributed by atoms with Crippen molar-refractivity contribution in [1.29, 1.82) is 0 Å². The molecule has 0 aromatic carbocycles. The van der Waals surface area contributed by atoms with Crippen molar-refractivity contribution in [2.24, 2.45) is 24.3 Å². The SMILES string of the molecule is CC(C)=CC1C(C(=O)NC2CCCc3c2cnn3C)C1(C)C. The summed E-state index contributed by atoms with van der Waals surface area (Å²) in [5.41, 5.74) is 3.85. The van der Waals surface area contributed by atoms with E-state index in [9.17, 15) is 4.79 Å². The molecule has 1 heterocycles. The number of amides is 1. The quantitative estimate of drug-likeness (QED) is 0.872. The average molecular weight is 301 g/mol. The van der Waals surface area contributed by atoms with Gasteiger partial charge in [-0.25, -0.2) is 0 Å². The van der Waals surface area contributed by atoms with Gasteiger partial charge < -0.3 is 5.32 Å². The zero-order valence-corrected chi connectivity index (χ0v) is 14.3.